The maximum atomic E-state index is 12.1. The number of benzene rings is 2. The van der Waals surface area contributed by atoms with Crippen LogP contribution in [-0.4, -0.2) is 4.98 Å². The minimum Gasteiger partial charge on any atom is -0.403 e. The lowest BCUT2D eigenvalue weighted by molar-refractivity contribution is 0.518. The molecule has 0 aliphatic heterocycles. The van der Waals surface area contributed by atoms with Crippen LogP contribution in [0.15, 0.2) is 51.7 Å². The van der Waals surface area contributed by atoms with E-state index in [1.54, 1.807) is 6.07 Å². The predicted octanol–water partition coefficient (Wildman–Crippen LogP) is 4.46. The summed E-state index contributed by atoms with van der Waals surface area (Å²) in [6.45, 7) is 8.44. The molecule has 2 aromatic carbocycles. The second-order valence-corrected chi connectivity index (χ2v) is 6.65. The van der Waals surface area contributed by atoms with Gasteiger partial charge in [0, 0.05) is 5.56 Å². The molecule has 0 saturated heterocycles. The van der Waals surface area contributed by atoms with Crippen LogP contribution in [0.25, 0.3) is 22.4 Å². The molecule has 0 aliphatic rings. The first-order chi connectivity index (χ1) is 10.3. The molecule has 3 rings (SSSR count). The first-order valence-corrected chi connectivity index (χ1v) is 7.37. The summed E-state index contributed by atoms with van der Waals surface area (Å²) < 4.78 is 5.39. The Morgan fingerprint density at radius 3 is 2.32 bits per heavy atom. The smallest absolute Gasteiger partial charge is 0.347 e. The Hall–Kier alpha value is -2.42. The third kappa shape index (κ3) is 2.67. The third-order valence-electron chi connectivity index (χ3n) is 3.78. The Morgan fingerprint density at radius 2 is 1.68 bits per heavy atom. The average molecular weight is 293 g/mol. The highest BCUT2D eigenvalue weighted by Crippen LogP contribution is 2.25. The van der Waals surface area contributed by atoms with E-state index in [0.717, 1.165) is 11.1 Å². The van der Waals surface area contributed by atoms with Crippen molar-refractivity contribution in [1.29, 1.82) is 0 Å². The molecule has 3 nitrogen and oxygen atoms in total. The summed E-state index contributed by atoms with van der Waals surface area (Å²) >= 11 is 0. The van der Waals surface area contributed by atoms with Crippen LogP contribution >= 0.6 is 0 Å². The molecule has 0 amide bonds. The molecule has 0 atom stereocenters. The van der Waals surface area contributed by atoms with Crippen LogP contribution < -0.4 is 5.63 Å². The second kappa shape index (κ2) is 5.09. The molecule has 3 heteroatoms. The van der Waals surface area contributed by atoms with Crippen LogP contribution in [0.1, 0.15) is 31.9 Å². The molecule has 0 fully saturated rings. The summed E-state index contributed by atoms with van der Waals surface area (Å²) in [7, 11) is 0. The minimum atomic E-state index is -0.344. The fourth-order valence-corrected chi connectivity index (χ4v) is 2.42. The van der Waals surface area contributed by atoms with E-state index >= 15 is 0 Å². The summed E-state index contributed by atoms with van der Waals surface area (Å²) in [5.41, 5.74) is 3.47. The van der Waals surface area contributed by atoms with Crippen LogP contribution in [0.4, 0.5) is 0 Å². The number of nitrogens with zero attached hydrogens (tertiary/aromatic N) is 1. The SMILES string of the molecule is Cc1ccc2nc(-c3ccc(C(C)(C)C)cc3)oc(=O)c2c1. The Balaban J connectivity index is 2.11. The van der Waals surface area contributed by atoms with Gasteiger partial charge >= 0.3 is 5.63 Å². The van der Waals surface area contributed by atoms with E-state index < -0.39 is 0 Å². The quantitative estimate of drug-likeness (QED) is 0.665. The van der Waals surface area contributed by atoms with Crippen LogP contribution in [-0.2, 0) is 5.41 Å². The van der Waals surface area contributed by atoms with Crippen molar-refractivity contribution in [3.8, 4) is 11.5 Å². The summed E-state index contributed by atoms with van der Waals surface area (Å²) in [4.78, 5) is 16.6. The summed E-state index contributed by atoms with van der Waals surface area (Å²) in [5.74, 6) is 0.363. The number of hydrogen-bond donors (Lipinski definition) is 0. The Labute approximate surface area is 129 Å². The maximum Gasteiger partial charge on any atom is 0.347 e. The number of fused-ring (bicyclic) bond motifs is 1. The molecule has 3 aromatic rings. The molecule has 0 unspecified atom stereocenters. The molecule has 22 heavy (non-hydrogen) atoms. The molecule has 1 aromatic heterocycles. The van der Waals surface area contributed by atoms with E-state index in [0.29, 0.717) is 16.8 Å². The zero-order valence-corrected chi connectivity index (χ0v) is 13.3. The van der Waals surface area contributed by atoms with Gasteiger partial charge in [0.05, 0.1) is 10.9 Å². The Bertz CT molecular complexity index is 884. The van der Waals surface area contributed by atoms with Gasteiger partial charge in [0.1, 0.15) is 0 Å². The summed E-state index contributed by atoms with van der Waals surface area (Å²) in [5, 5.41) is 0.523. The van der Waals surface area contributed by atoms with Crippen molar-refractivity contribution < 1.29 is 4.42 Å². The monoisotopic (exact) mass is 293 g/mol. The Kier molecular flexibility index (Phi) is 3.36. The van der Waals surface area contributed by atoms with Gasteiger partial charge in [-0.1, -0.05) is 44.5 Å². The molecule has 0 aliphatic carbocycles. The molecule has 0 bridgehead atoms. The van der Waals surface area contributed by atoms with E-state index in [2.05, 4.69) is 37.9 Å². The van der Waals surface area contributed by atoms with E-state index in [4.69, 9.17) is 4.42 Å². The van der Waals surface area contributed by atoms with E-state index in [-0.39, 0.29) is 11.0 Å². The van der Waals surface area contributed by atoms with Gasteiger partial charge in [-0.25, -0.2) is 9.78 Å². The lowest BCUT2D eigenvalue weighted by atomic mass is 9.87. The van der Waals surface area contributed by atoms with Gasteiger partial charge in [-0.3, -0.25) is 0 Å². The predicted molar refractivity (Wildman–Crippen MR) is 89.2 cm³/mol. The van der Waals surface area contributed by atoms with Gasteiger partial charge in [0.2, 0.25) is 5.89 Å². The van der Waals surface area contributed by atoms with E-state index in [1.807, 2.05) is 31.2 Å². The lowest BCUT2D eigenvalue weighted by Crippen LogP contribution is -2.10. The molecule has 0 N–H and O–H groups in total. The highest BCUT2D eigenvalue weighted by molar-refractivity contribution is 5.79. The summed E-state index contributed by atoms with van der Waals surface area (Å²) in [6, 6.07) is 13.6. The average Bonchev–Trinajstić information content (AvgIpc) is 2.47. The van der Waals surface area contributed by atoms with Gasteiger partial charge in [0.25, 0.3) is 0 Å². The van der Waals surface area contributed by atoms with Crippen LogP contribution in [0.5, 0.6) is 0 Å². The number of aromatic nitrogens is 1. The van der Waals surface area contributed by atoms with Crippen molar-refractivity contribution in [2.45, 2.75) is 33.1 Å². The highest BCUT2D eigenvalue weighted by atomic mass is 16.4. The van der Waals surface area contributed by atoms with Crippen LogP contribution in [0, 0.1) is 6.92 Å². The second-order valence-electron chi connectivity index (χ2n) is 6.65. The van der Waals surface area contributed by atoms with Crippen molar-refractivity contribution in [2.24, 2.45) is 0 Å². The van der Waals surface area contributed by atoms with Crippen molar-refractivity contribution in [3.63, 3.8) is 0 Å². The van der Waals surface area contributed by atoms with Gasteiger partial charge in [-0.15, -0.1) is 0 Å². The molecule has 0 saturated carbocycles. The molecule has 1 heterocycles. The molecule has 0 spiro atoms. The van der Waals surface area contributed by atoms with Gasteiger partial charge < -0.3 is 4.42 Å². The zero-order chi connectivity index (χ0) is 15.9. The fourth-order valence-electron chi connectivity index (χ4n) is 2.42. The van der Waals surface area contributed by atoms with Gasteiger partial charge in [-0.05, 0) is 42.2 Å². The normalized spacial score (nSPS) is 11.8. The molecule has 112 valence electrons. The largest absolute Gasteiger partial charge is 0.403 e. The van der Waals surface area contributed by atoms with Crippen molar-refractivity contribution in [3.05, 3.63) is 64.0 Å². The number of rotatable bonds is 1. The van der Waals surface area contributed by atoms with Gasteiger partial charge in [-0.2, -0.15) is 0 Å². The first kappa shape index (κ1) is 14.5. The Morgan fingerprint density at radius 1 is 1.00 bits per heavy atom. The number of hydrogen-bond acceptors (Lipinski definition) is 3. The third-order valence-corrected chi connectivity index (χ3v) is 3.78. The van der Waals surface area contributed by atoms with Crippen molar-refractivity contribution in [2.75, 3.05) is 0 Å². The van der Waals surface area contributed by atoms with Crippen molar-refractivity contribution in [1.82, 2.24) is 4.98 Å². The summed E-state index contributed by atoms with van der Waals surface area (Å²) in [6.07, 6.45) is 0. The van der Waals surface area contributed by atoms with Gasteiger partial charge in [0.15, 0.2) is 0 Å². The lowest BCUT2D eigenvalue weighted by Gasteiger charge is -2.18. The molecule has 0 radical (unpaired) electrons. The first-order valence-electron chi connectivity index (χ1n) is 7.37. The maximum absolute atomic E-state index is 12.1. The minimum absolute atomic E-state index is 0.0910. The number of aryl methyl sites for hydroxylation is 1. The zero-order valence-electron chi connectivity index (χ0n) is 13.3. The topological polar surface area (TPSA) is 43.1 Å². The fraction of sp³-hybridized carbons (Fsp3) is 0.263. The van der Waals surface area contributed by atoms with E-state index in [9.17, 15) is 4.79 Å². The van der Waals surface area contributed by atoms with Crippen LogP contribution in [0.2, 0.25) is 0 Å². The molecular weight excluding hydrogens is 274 g/mol. The standard InChI is InChI=1S/C19H19NO2/c1-12-5-10-16-15(11-12)18(21)22-17(20-16)13-6-8-14(9-7-13)19(2,3)4/h5-11H,1-4H3. The van der Waals surface area contributed by atoms with Crippen LogP contribution in [0.3, 0.4) is 0 Å². The van der Waals surface area contributed by atoms with E-state index in [1.165, 1.54) is 5.56 Å². The molecular formula is C19H19NO2. The highest BCUT2D eigenvalue weighted by Gasteiger charge is 2.14. The van der Waals surface area contributed by atoms with Crippen molar-refractivity contribution >= 4 is 10.9 Å².